The van der Waals surface area contributed by atoms with Crippen LogP contribution in [0.4, 0.5) is 13.2 Å². The van der Waals surface area contributed by atoms with Crippen molar-refractivity contribution >= 4 is 16.8 Å². The lowest BCUT2D eigenvalue weighted by Gasteiger charge is -2.33. The Morgan fingerprint density at radius 2 is 2.11 bits per heavy atom. The van der Waals surface area contributed by atoms with Gasteiger partial charge in [-0.15, -0.1) is 0 Å². The number of halogens is 3. The number of hydrazine groups is 1. The van der Waals surface area contributed by atoms with Crippen LogP contribution in [0.3, 0.4) is 0 Å². The van der Waals surface area contributed by atoms with Gasteiger partial charge in [0.05, 0.1) is 6.54 Å². The van der Waals surface area contributed by atoms with E-state index in [0.29, 0.717) is 0 Å². The number of amides is 1. The Morgan fingerprint density at radius 1 is 1.30 bits per heavy atom. The van der Waals surface area contributed by atoms with Crippen LogP contribution in [0, 0.1) is 0 Å². The van der Waals surface area contributed by atoms with Gasteiger partial charge < -0.3 is 4.98 Å². The van der Waals surface area contributed by atoms with E-state index in [-0.39, 0.29) is 18.3 Å². The summed E-state index contributed by atoms with van der Waals surface area (Å²) in [6.07, 6.45) is 0.143. The number of hydrogen-bond donors (Lipinski definition) is 3. The maximum Gasteiger partial charge on any atom is 0.432 e. The number of nitrogens with zero attached hydrogens (tertiary/aromatic N) is 2. The third-order valence-electron chi connectivity index (χ3n) is 4.80. The molecule has 2 heterocycles. The van der Waals surface area contributed by atoms with Crippen molar-refractivity contribution in [3.8, 4) is 0 Å². The van der Waals surface area contributed by atoms with Gasteiger partial charge in [-0.2, -0.15) is 18.3 Å². The summed E-state index contributed by atoms with van der Waals surface area (Å²) >= 11 is 0. The molecule has 0 saturated heterocycles. The minimum Gasteiger partial charge on any atom is -0.361 e. The fourth-order valence-electron chi connectivity index (χ4n) is 3.11. The first kappa shape index (κ1) is 17.6. The van der Waals surface area contributed by atoms with Crippen molar-refractivity contribution in [1.82, 2.24) is 25.6 Å². The molecule has 6 nitrogen and oxygen atoms in total. The first-order chi connectivity index (χ1) is 12.9. The van der Waals surface area contributed by atoms with Gasteiger partial charge in [-0.25, -0.2) is 5.43 Å². The van der Waals surface area contributed by atoms with Crippen LogP contribution in [0.15, 0.2) is 36.5 Å². The summed E-state index contributed by atoms with van der Waals surface area (Å²) in [5.74, 6) is -0.596. The number of aromatic nitrogens is 3. The number of rotatable bonds is 5. The third-order valence-corrected chi connectivity index (χ3v) is 4.80. The van der Waals surface area contributed by atoms with Crippen LogP contribution in [0.1, 0.15) is 41.0 Å². The van der Waals surface area contributed by atoms with Gasteiger partial charge in [0.2, 0.25) is 0 Å². The molecule has 4 rings (SSSR count). The summed E-state index contributed by atoms with van der Waals surface area (Å²) in [5.41, 5.74) is 3.66. The van der Waals surface area contributed by atoms with Gasteiger partial charge in [0.1, 0.15) is 5.69 Å². The van der Waals surface area contributed by atoms with E-state index in [2.05, 4.69) is 15.5 Å². The second-order valence-electron chi connectivity index (χ2n) is 6.67. The molecule has 3 N–H and O–H groups in total. The molecule has 0 spiro atoms. The van der Waals surface area contributed by atoms with Crippen molar-refractivity contribution in [2.24, 2.45) is 0 Å². The second-order valence-corrected chi connectivity index (χ2v) is 6.67. The van der Waals surface area contributed by atoms with Gasteiger partial charge >= 0.3 is 6.18 Å². The van der Waals surface area contributed by atoms with E-state index < -0.39 is 17.8 Å². The van der Waals surface area contributed by atoms with Crippen LogP contribution >= 0.6 is 0 Å². The maximum atomic E-state index is 12.8. The molecule has 1 saturated carbocycles. The molecule has 1 aliphatic carbocycles. The van der Waals surface area contributed by atoms with Crippen LogP contribution in [-0.4, -0.2) is 32.1 Å². The fourth-order valence-corrected chi connectivity index (χ4v) is 3.11. The summed E-state index contributed by atoms with van der Waals surface area (Å²) in [6.45, 7) is 0.221. The van der Waals surface area contributed by atoms with E-state index in [4.69, 9.17) is 0 Å². The van der Waals surface area contributed by atoms with Gasteiger partial charge in [0.15, 0.2) is 5.69 Å². The van der Waals surface area contributed by atoms with Gasteiger partial charge in [0, 0.05) is 29.2 Å². The molecular weight excluding hydrogens is 359 g/mol. The summed E-state index contributed by atoms with van der Waals surface area (Å²) in [7, 11) is 0. The highest BCUT2D eigenvalue weighted by Gasteiger charge is 2.35. The SMILES string of the molecule is O=C(c1cc(C(F)(F)F)[nH]n1)N(Cc1cccc2[nH]ccc12)NC1CCC1. The van der Waals surface area contributed by atoms with Crippen molar-refractivity contribution in [2.75, 3.05) is 0 Å². The molecule has 0 unspecified atom stereocenters. The number of carbonyl (C=O) groups is 1. The molecule has 2 aromatic heterocycles. The van der Waals surface area contributed by atoms with E-state index in [1.54, 1.807) is 0 Å². The predicted octanol–water partition coefficient (Wildman–Crippen LogP) is 3.61. The normalized spacial score (nSPS) is 15.1. The lowest BCUT2D eigenvalue weighted by Crippen LogP contribution is -2.50. The van der Waals surface area contributed by atoms with E-state index >= 15 is 0 Å². The molecule has 0 bridgehead atoms. The van der Waals surface area contributed by atoms with Crippen LogP contribution in [0.5, 0.6) is 0 Å². The maximum absolute atomic E-state index is 12.8. The second kappa shape index (κ2) is 6.73. The van der Waals surface area contributed by atoms with E-state index in [9.17, 15) is 18.0 Å². The zero-order valence-corrected chi connectivity index (χ0v) is 14.3. The number of hydrogen-bond acceptors (Lipinski definition) is 3. The number of benzene rings is 1. The summed E-state index contributed by atoms with van der Waals surface area (Å²) in [4.78, 5) is 16.0. The van der Waals surface area contributed by atoms with E-state index in [1.807, 2.05) is 35.6 Å². The Labute approximate surface area is 152 Å². The van der Waals surface area contributed by atoms with Crippen molar-refractivity contribution in [3.05, 3.63) is 53.5 Å². The van der Waals surface area contributed by atoms with Gasteiger partial charge in [-0.3, -0.25) is 14.9 Å². The number of nitrogens with one attached hydrogen (secondary N) is 3. The van der Waals surface area contributed by atoms with Crippen LogP contribution < -0.4 is 5.43 Å². The van der Waals surface area contributed by atoms with Crippen molar-refractivity contribution in [3.63, 3.8) is 0 Å². The van der Waals surface area contributed by atoms with Gasteiger partial charge in [-0.1, -0.05) is 18.6 Å². The summed E-state index contributed by atoms with van der Waals surface area (Å²) in [5, 5.41) is 7.79. The quantitative estimate of drug-likeness (QED) is 0.595. The van der Waals surface area contributed by atoms with E-state index in [0.717, 1.165) is 41.8 Å². The predicted molar refractivity (Wildman–Crippen MR) is 92.5 cm³/mol. The number of carbonyl (C=O) groups excluding carboxylic acids is 1. The van der Waals surface area contributed by atoms with Gasteiger partial charge in [0.25, 0.3) is 5.91 Å². The van der Waals surface area contributed by atoms with Crippen molar-refractivity contribution < 1.29 is 18.0 Å². The van der Waals surface area contributed by atoms with Crippen molar-refractivity contribution in [1.29, 1.82) is 0 Å². The molecule has 3 aromatic rings. The first-order valence-corrected chi connectivity index (χ1v) is 8.67. The molecule has 1 amide bonds. The third kappa shape index (κ3) is 3.55. The molecule has 27 heavy (non-hydrogen) atoms. The molecule has 142 valence electrons. The largest absolute Gasteiger partial charge is 0.432 e. The Morgan fingerprint density at radius 3 is 2.78 bits per heavy atom. The minimum atomic E-state index is -4.57. The molecule has 0 aliphatic heterocycles. The van der Waals surface area contributed by atoms with Crippen LogP contribution in [0.25, 0.3) is 10.9 Å². The molecular formula is C18H18F3N5O. The Hall–Kier alpha value is -2.81. The van der Waals surface area contributed by atoms with Gasteiger partial charge in [-0.05, 0) is 30.5 Å². The van der Waals surface area contributed by atoms with Crippen molar-refractivity contribution in [2.45, 2.75) is 38.0 Å². The highest BCUT2D eigenvalue weighted by molar-refractivity contribution is 5.92. The summed E-state index contributed by atoms with van der Waals surface area (Å²) < 4.78 is 38.4. The topological polar surface area (TPSA) is 76.8 Å². The number of aromatic amines is 2. The number of H-pyrrole nitrogens is 2. The lowest BCUT2D eigenvalue weighted by atomic mass is 9.94. The molecule has 0 radical (unpaired) electrons. The zero-order valence-electron chi connectivity index (χ0n) is 14.3. The molecule has 9 heteroatoms. The molecule has 1 aliphatic rings. The molecule has 1 fully saturated rings. The fraction of sp³-hybridized carbons (Fsp3) is 0.333. The zero-order chi connectivity index (χ0) is 19.0. The first-order valence-electron chi connectivity index (χ1n) is 8.67. The van der Waals surface area contributed by atoms with Crippen LogP contribution in [-0.2, 0) is 12.7 Å². The number of fused-ring (bicyclic) bond motifs is 1. The monoisotopic (exact) mass is 377 g/mol. The highest BCUT2D eigenvalue weighted by atomic mass is 19.4. The Bertz CT molecular complexity index is 957. The van der Waals surface area contributed by atoms with E-state index in [1.165, 1.54) is 5.01 Å². The standard InChI is InChI=1S/C18H18F3N5O/c19-18(20,21)16-9-15(23-24-16)17(27)26(25-12-4-2-5-12)10-11-3-1-6-14-13(11)7-8-22-14/h1,3,6-9,12,22,25H,2,4-5,10H2,(H,23,24). The average Bonchev–Trinajstić information content (AvgIpc) is 3.24. The Kier molecular flexibility index (Phi) is 4.39. The minimum absolute atomic E-state index is 0.139. The Balaban J connectivity index is 1.61. The average molecular weight is 377 g/mol. The highest BCUT2D eigenvalue weighted by Crippen LogP contribution is 2.28. The summed E-state index contributed by atoms with van der Waals surface area (Å²) in [6, 6.07) is 8.48. The molecule has 0 atom stereocenters. The van der Waals surface area contributed by atoms with Crippen LogP contribution in [0.2, 0.25) is 0 Å². The molecule has 1 aromatic carbocycles. The smallest absolute Gasteiger partial charge is 0.361 e. The lowest BCUT2D eigenvalue weighted by molar-refractivity contribution is -0.141. The number of alkyl halides is 3.